The van der Waals surface area contributed by atoms with Crippen LogP contribution in [0.25, 0.3) is 10.4 Å². The van der Waals surface area contributed by atoms with E-state index in [0.717, 1.165) is 4.88 Å². The van der Waals surface area contributed by atoms with Crippen molar-refractivity contribution < 1.29 is 4.79 Å². The first-order chi connectivity index (χ1) is 8.39. The average Bonchev–Trinajstić information content (AvgIpc) is 2.77. The molecule has 2 aromatic rings. The van der Waals surface area contributed by atoms with Gasteiger partial charge in [-0.1, -0.05) is 45.0 Å². The third-order valence-electron chi connectivity index (χ3n) is 2.95. The zero-order chi connectivity index (χ0) is 13.3. The molecule has 0 fully saturated rings. The molecule has 1 heterocycles. The van der Waals surface area contributed by atoms with Gasteiger partial charge in [-0.3, -0.25) is 4.79 Å². The fraction of sp³-hybridized carbons (Fsp3) is 0.312. The summed E-state index contributed by atoms with van der Waals surface area (Å²) >= 11 is 1.57. The molecule has 1 aromatic heterocycles. The lowest BCUT2D eigenvalue weighted by Gasteiger charge is -2.22. The molecule has 0 unspecified atom stereocenters. The molecule has 0 saturated heterocycles. The maximum absolute atomic E-state index is 11.4. The maximum atomic E-state index is 11.4. The molecule has 0 aliphatic carbocycles. The van der Waals surface area contributed by atoms with Crippen molar-refractivity contribution in [1.82, 2.24) is 0 Å². The number of rotatable bonds is 2. The van der Waals surface area contributed by atoms with Crippen LogP contribution < -0.4 is 0 Å². The lowest BCUT2D eigenvalue weighted by Crippen LogP contribution is -2.12. The molecule has 2 heteroatoms. The zero-order valence-corrected chi connectivity index (χ0v) is 12.1. The molecule has 1 aromatic carbocycles. The van der Waals surface area contributed by atoms with E-state index in [9.17, 15) is 4.79 Å². The van der Waals surface area contributed by atoms with Crippen molar-refractivity contribution >= 4 is 17.1 Å². The van der Waals surface area contributed by atoms with Crippen molar-refractivity contribution in [2.24, 2.45) is 0 Å². The Morgan fingerprint density at radius 3 is 2.28 bits per heavy atom. The largest absolute Gasteiger partial charge is 0.294 e. The van der Waals surface area contributed by atoms with E-state index in [2.05, 4.69) is 45.0 Å². The fourth-order valence-corrected chi connectivity index (χ4v) is 2.96. The highest BCUT2D eigenvalue weighted by molar-refractivity contribution is 7.17. The van der Waals surface area contributed by atoms with Crippen LogP contribution >= 0.6 is 11.3 Å². The van der Waals surface area contributed by atoms with E-state index in [1.54, 1.807) is 18.3 Å². The zero-order valence-electron chi connectivity index (χ0n) is 11.3. The van der Waals surface area contributed by atoms with Gasteiger partial charge in [-0.2, -0.15) is 0 Å². The van der Waals surface area contributed by atoms with Gasteiger partial charge in [0.2, 0.25) is 0 Å². The van der Waals surface area contributed by atoms with E-state index in [1.807, 2.05) is 12.1 Å². The first-order valence-electron chi connectivity index (χ1n) is 6.10. The van der Waals surface area contributed by atoms with Crippen LogP contribution in [0.2, 0.25) is 0 Å². The van der Waals surface area contributed by atoms with Crippen LogP contribution in [0.5, 0.6) is 0 Å². The van der Waals surface area contributed by atoms with E-state index in [1.165, 1.54) is 16.0 Å². The van der Waals surface area contributed by atoms with Gasteiger partial charge < -0.3 is 0 Å². The van der Waals surface area contributed by atoms with Crippen molar-refractivity contribution in [2.75, 3.05) is 0 Å². The Hall–Kier alpha value is -1.41. The summed E-state index contributed by atoms with van der Waals surface area (Å²) in [4.78, 5) is 13.4. The average molecular weight is 258 g/mol. The number of carbonyl (C=O) groups is 1. The predicted molar refractivity (Wildman–Crippen MR) is 78.5 cm³/mol. The molecule has 0 aliphatic heterocycles. The van der Waals surface area contributed by atoms with Gasteiger partial charge in [0.25, 0.3) is 0 Å². The Morgan fingerprint density at radius 1 is 1.06 bits per heavy atom. The molecule has 0 aliphatic rings. The number of thiophene rings is 1. The standard InChI is InChI=1S/C16H18OS/c1-11(17)14-9-10-15(18-14)12-7-5-6-8-13(12)16(2,3)4/h5-10H,1-4H3. The minimum absolute atomic E-state index is 0.108. The van der Waals surface area contributed by atoms with E-state index in [4.69, 9.17) is 0 Å². The van der Waals surface area contributed by atoms with Gasteiger partial charge in [-0.25, -0.2) is 0 Å². The minimum atomic E-state index is 0.108. The van der Waals surface area contributed by atoms with E-state index >= 15 is 0 Å². The fourth-order valence-electron chi connectivity index (χ4n) is 2.02. The molecule has 0 atom stereocenters. The summed E-state index contributed by atoms with van der Waals surface area (Å²) < 4.78 is 0. The third kappa shape index (κ3) is 2.54. The van der Waals surface area contributed by atoms with Crippen LogP contribution in [0.1, 0.15) is 42.9 Å². The summed E-state index contributed by atoms with van der Waals surface area (Å²) in [5.74, 6) is 0.138. The highest BCUT2D eigenvalue weighted by Crippen LogP contribution is 2.36. The second-order valence-corrected chi connectivity index (χ2v) is 6.60. The number of benzene rings is 1. The molecular formula is C16H18OS. The quantitative estimate of drug-likeness (QED) is 0.699. The van der Waals surface area contributed by atoms with Crippen molar-refractivity contribution in [2.45, 2.75) is 33.1 Å². The van der Waals surface area contributed by atoms with Crippen molar-refractivity contribution in [3.63, 3.8) is 0 Å². The van der Waals surface area contributed by atoms with E-state index < -0.39 is 0 Å². The highest BCUT2D eigenvalue weighted by Gasteiger charge is 2.19. The predicted octanol–water partition coefficient (Wildman–Crippen LogP) is 4.92. The molecule has 0 saturated carbocycles. The summed E-state index contributed by atoms with van der Waals surface area (Å²) in [5.41, 5.74) is 2.67. The normalized spacial score (nSPS) is 11.6. The van der Waals surface area contributed by atoms with Crippen LogP contribution in [0.15, 0.2) is 36.4 Å². The van der Waals surface area contributed by atoms with Crippen LogP contribution in [0.4, 0.5) is 0 Å². The summed E-state index contributed by atoms with van der Waals surface area (Å²) in [5, 5.41) is 0. The molecule has 18 heavy (non-hydrogen) atoms. The van der Waals surface area contributed by atoms with Crippen LogP contribution in [-0.4, -0.2) is 5.78 Å². The summed E-state index contributed by atoms with van der Waals surface area (Å²) in [6.07, 6.45) is 0. The Kier molecular flexibility index (Phi) is 3.40. The Labute approximate surface area is 112 Å². The van der Waals surface area contributed by atoms with Crippen molar-refractivity contribution in [3.8, 4) is 10.4 Å². The van der Waals surface area contributed by atoms with Crippen LogP contribution in [0.3, 0.4) is 0 Å². The van der Waals surface area contributed by atoms with Gasteiger partial charge in [-0.15, -0.1) is 11.3 Å². The number of Topliss-reactive ketones (excluding diaryl/α,β-unsaturated/α-hetero) is 1. The lowest BCUT2D eigenvalue weighted by molar-refractivity contribution is 0.102. The smallest absolute Gasteiger partial charge is 0.169 e. The number of ketones is 1. The molecule has 2 rings (SSSR count). The second-order valence-electron chi connectivity index (χ2n) is 5.52. The molecule has 1 nitrogen and oxygen atoms in total. The summed E-state index contributed by atoms with van der Waals surface area (Å²) in [6.45, 7) is 8.26. The van der Waals surface area contributed by atoms with Gasteiger partial charge in [0.1, 0.15) is 0 Å². The Morgan fingerprint density at radius 2 is 1.72 bits per heavy atom. The van der Waals surface area contributed by atoms with Gasteiger partial charge in [0.05, 0.1) is 4.88 Å². The van der Waals surface area contributed by atoms with Crippen molar-refractivity contribution in [1.29, 1.82) is 0 Å². The maximum Gasteiger partial charge on any atom is 0.169 e. The topological polar surface area (TPSA) is 17.1 Å². The number of hydrogen-bond acceptors (Lipinski definition) is 2. The van der Waals surface area contributed by atoms with Gasteiger partial charge in [0.15, 0.2) is 5.78 Å². The third-order valence-corrected chi connectivity index (χ3v) is 4.17. The second kappa shape index (κ2) is 4.69. The monoisotopic (exact) mass is 258 g/mol. The van der Waals surface area contributed by atoms with Crippen molar-refractivity contribution in [3.05, 3.63) is 46.8 Å². The highest BCUT2D eigenvalue weighted by atomic mass is 32.1. The molecule has 0 radical (unpaired) electrons. The Bertz CT molecular complexity index is 573. The van der Waals surface area contributed by atoms with Crippen LogP contribution in [0, 0.1) is 0 Å². The molecule has 94 valence electrons. The van der Waals surface area contributed by atoms with E-state index in [0.29, 0.717) is 0 Å². The minimum Gasteiger partial charge on any atom is -0.294 e. The first kappa shape index (κ1) is 13.0. The lowest BCUT2D eigenvalue weighted by atomic mass is 9.83. The summed E-state index contributed by atoms with van der Waals surface area (Å²) in [6, 6.07) is 12.4. The van der Waals surface area contributed by atoms with E-state index in [-0.39, 0.29) is 11.2 Å². The number of hydrogen-bond donors (Lipinski definition) is 0. The van der Waals surface area contributed by atoms with Gasteiger partial charge in [-0.05, 0) is 35.6 Å². The van der Waals surface area contributed by atoms with Crippen LogP contribution in [-0.2, 0) is 5.41 Å². The SMILES string of the molecule is CC(=O)c1ccc(-c2ccccc2C(C)(C)C)s1. The Balaban J connectivity index is 2.53. The molecule has 0 spiro atoms. The summed E-state index contributed by atoms with van der Waals surface area (Å²) in [7, 11) is 0. The molecule has 0 amide bonds. The molecule has 0 bridgehead atoms. The van der Waals surface area contributed by atoms with Gasteiger partial charge >= 0.3 is 0 Å². The molecule has 0 N–H and O–H groups in total. The number of carbonyl (C=O) groups excluding carboxylic acids is 1. The van der Waals surface area contributed by atoms with Gasteiger partial charge in [0, 0.05) is 4.88 Å². The molecular weight excluding hydrogens is 240 g/mol. The first-order valence-corrected chi connectivity index (χ1v) is 6.92.